The van der Waals surface area contributed by atoms with Gasteiger partial charge in [-0.2, -0.15) is 0 Å². The van der Waals surface area contributed by atoms with Crippen molar-refractivity contribution in [3.05, 3.63) is 59.7 Å². The van der Waals surface area contributed by atoms with E-state index >= 15 is 0 Å². The number of rotatable bonds is 10. The third-order valence-corrected chi connectivity index (χ3v) is 8.09. The van der Waals surface area contributed by atoms with Crippen molar-refractivity contribution in [1.82, 2.24) is 0 Å². The van der Waals surface area contributed by atoms with Gasteiger partial charge < -0.3 is 14.9 Å². The first-order chi connectivity index (χ1) is 14.8. The number of carboxylic acids is 1. The van der Waals surface area contributed by atoms with Crippen molar-refractivity contribution in [2.45, 2.75) is 36.0 Å². The molecule has 0 aromatic heterocycles. The number of benzene rings is 2. The summed E-state index contributed by atoms with van der Waals surface area (Å²) in [6.07, 6.45) is 2.74. The molecule has 2 aromatic carbocycles. The van der Waals surface area contributed by atoms with Gasteiger partial charge in [0, 0.05) is 12.0 Å². The summed E-state index contributed by atoms with van der Waals surface area (Å²) in [4.78, 5) is 11.0. The molecule has 0 amide bonds. The van der Waals surface area contributed by atoms with Crippen LogP contribution in [0.25, 0.3) is 0 Å². The van der Waals surface area contributed by atoms with Crippen LogP contribution in [0, 0.1) is 11.8 Å². The zero-order chi connectivity index (χ0) is 22.4. The van der Waals surface area contributed by atoms with Crippen molar-refractivity contribution in [3.63, 3.8) is 0 Å². The van der Waals surface area contributed by atoms with Crippen LogP contribution < -0.4 is 4.74 Å². The maximum atomic E-state index is 13.0. The van der Waals surface area contributed by atoms with Crippen LogP contribution in [0.15, 0.2) is 53.4 Å². The zero-order valence-corrected chi connectivity index (χ0v) is 18.7. The smallest absolute Gasteiger partial charge is 0.341 e. The van der Waals surface area contributed by atoms with Gasteiger partial charge >= 0.3 is 5.97 Å². The van der Waals surface area contributed by atoms with Crippen LogP contribution in [0.3, 0.4) is 0 Å². The molecule has 0 spiro atoms. The van der Waals surface area contributed by atoms with Gasteiger partial charge in [0.05, 0.1) is 10.6 Å². The predicted molar refractivity (Wildman–Crippen MR) is 118 cm³/mol. The van der Waals surface area contributed by atoms with E-state index in [2.05, 4.69) is 0 Å². The van der Waals surface area contributed by atoms with Crippen LogP contribution in [0.5, 0.6) is 5.75 Å². The number of aliphatic hydroxyl groups is 1. The molecule has 0 aliphatic heterocycles. The summed E-state index contributed by atoms with van der Waals surface area (Å²) in [5, 5.41) is 17.6. The minimum Gasteiger partial charge on any atom is -0.482 e. The molecule has 0 heterocycles. The van der Waals surface area contributed by atoms with E-state index in [0.29, 0.717) is 18.6 Å². The molecule has 2 N–H and O–H groups in total. The fourth-order valence-corrected chi connectivity index (χ4v) is 6.42. The standard InChI is InChI=1S/C23H27ClO6S/c24-22-9-6-18(12-17-2-1-3-19(13-17)30-14-23(26)27)21(22)15-31(28,29)20-7-4-16(5-8-20)10-11-25/h1-5,7-8,13,18,21-22,25H,6,9-12,14-15H2,(H,26,27)/t18-,21-,22?/m1/s1. The molecule has 6 nitrogen and oxygen atoms in total. The number of carbonyl (C=O) groups is 1. The number of carboxylic acid groups (broad SMARTS) is 1. The van der Waals surface area contributed by atoms with Crippen molar-refractivity contribution >= 4 is 27.4 Å². The fraction of sp³-hybridized carbons (Fsp3) is 0.435. The molecular weight excluding hydrogens is 440 g/mol. The number of hydrogen-bond donors (Lipinski definition) is 2. The third-order valence-electron chi connectivity index (χ3n) is 5.74. The molecule has 1 aliphatic rings. The number of halogens is 1. The SMILES string of the molecule is O=C(O)COc1cccc(C[C@H]2CCC(Cl)[C@@H]2CS(=O)(=O)c2ccc(CCO)cc2)c1. The summed E-state index contributed by atoms with van der Waals surface area (Å²) < 4.78 is 31.3. The summed E-state index contributed by atoms with van der Waals surface area (Å²) >= 11 is 6.53. The van der Waals surface area contributed by atoms with Gasteiger partial charge in [-0.15, -0.1) is 11.6 Å². The first-order valence-electron chi connectivity index (χ1n) is 10.3. The zero-order valence-electron chi connectivity index (χ0n) is 17.1. The minimum atomic E-state index is -3.50. The van der Waals surface area contributed by atoms with Gasteiger partial charge in [0.25, 0.3) is 0 Å². The summed E-state index contributed by atoms with van der Waals surface area (Å²) in [5.74, 6) is -0.637. The first-order valence-corrected chi connectivity index (χ1v) is 12.4. The molecule has 8 heteroatoms. The summed E-state index contributed by atoms with van der Waals surface area (Å²) in [6.45, 7) is -0.388. The van der Waals surface area contributed by atoms with Crippen LogP contribution in [-0.4, -0.2) is 48.9 Å². The molecule has 168 valence electrons. The van der Waals surface area contributed by atoms with Gasteiger partial charge in [-0.3, -0.25) is 0 Å². The Kier molecular flexibility index (Phi) is 7.97. The number of aliphatic carboxylic acids is 1. The van der Waals surface area contributed by atoms with Gasteiger partial charge in [0.1, 0.15) is 5.75 Å². The predicted octanol–water partition coefficient (Wildman–Crippen LogP) is 3.33. The topological polar surface area (TPSA) is 101 Å². The third kappa shape index (κ3) is 6.45. The Hall–Kier alpha value is -2.09. The van der Waals surface area contributed by atoms with Gasteiger partial charge in [-0.05, 0) is 72.9 Å². The Bertz CT molecular complexity index is 989. The van der Waals surface area contributed by atoms with E-state index in [1.807, 2.05) is 6.07 Å². The Morgan fingerprint density at radius 1 is 1.10 bits per heavy atom. The molecule has 3 rings (SSSR count). The van der Waals surface area contributed by atoms with Crippen LogP contribution in [0.2, 0.25) is 0 Å². The highest BCUT2D eigenvalue weighted by Gasteiger charge is 2.38. The molecule has 0 saturated heterocycles. The Labute approximate surface area is 187 Å². The van der Waals surface area contributed by atoms with Gasteiger partial charge in [0.15, 0.2) is 16.4 Å². The molecular formula is C23H27ClO6S. The van der Waals surface area contributed by atoms with Gasteiger partial charge in [0.2, 0.25) is 0 Å². The molecule has 1 aliphatic carbocycles. The molecule has 0 bridgehead atoms. The second kappa shape index (κ2) is 10.5. The summed E-state index contributed by atoms with van der Waals surface area (Å²) in [5.41, 5.74) is 1.86. The molecule has 1 fully saturated rings. The Morgan fingerprint density at radius 2 is 1.84 bits per heavy atom. The van der Waals surface area contributed by atoms with E-state index in [0.717, 1.165) is 24.0 Å². The highest BCUT2D eigenvalue weighted by Crippen LogP contribution is 2.39. The van der Waals surface area contributed by atoms with Crippen molar-refractivity contribution in [2.24, 2.45) is 11.8 Å². The molecule has 3 atom stereocenters. The number of hydrogen-bond acceptors (Lipinski definition) is 5. The second-order valence-corrected chi connectivity index (χ2v) is 10.5. The van der Waals surface area contributed by atoms with Gasteiger partial charge in [-0.1, -0.05) is 24.3 Å². The lowest BCUT2D eigenvalue weighted by atomic mass is 9.90. The summed E-state index contributed by atoms with van der Waals surface area (Å²) in [6, 6.07) is 13.9. The number of sulfone groups is 1. The van der Waals surface area contributed by atoms with E-state index in [1.165, 1.54) is 0 Å². The summed E-state index contributed by atoms with van der Waals surface area (Å²) in [7, 11) is -3.50. The highest BCUT2D eigenvalue weighted by molar-refractivity contribution is 7.91. The van der Waals surface area contributed by atoms with Crippen molar-refractivity contribution < 1.29 is 28.2 Å². The number of ether oxygens (including phenoxy) is 1. The largest absolute Gasteiger partial charge is 0.482 e. The number of alkyl halides is 1. The lowest BCUT2D eigenvalue weighted by molar-refractivity contribution is -0.139. The Morgan fingerprint density at radius 3 is 2.52 bits per heavy atom. The van der Waals surface area contributed by atoms with E-state index < -0.39 is 22.4 Å². The van der Waals surface area contributed by atoms with Crippen molar-refractivity contribution in [2.75, 3.05) is 19.0 Å². The molecule has 31 heavy (non-hydrogen) atoms. The number of aliphatic hydroxyl groups excluding tert-OH is 1. The molecule has 2 aromatic rings. The van der Waals surface area contributed by atoms with Crippen LogP contribution >= 0.6 is 11.6 Å². The molecule has 0 radical (unpaired) electrons. The van der Waals surface area contributed by atoms with Crippen LogP contribution in [0.4, 0.5) is 0 Å². The first kappa shape index (κ1) is 23.6. The van der Waals surface area contributed by atoms with E-state index in [9.17, 15) is 13.2 Å². The lowest BCUT2D eigenvalue weighted by Gasteiger charge is -2.22. The molecule has 1 saturated carbocycles. The van der Waals surface area contributed by atoms with E-state index in [-0.39, 0.29) is 34.5 Å². The molecule has 1 unspecified atom stereocenters. The highest BCUT2D eigenvalue weighted by atomic mass is 35.5. The van der Waals surface area contributed by atoms with E-state index in [1.54, 1.807) is 42.5 Å². The van der Waals surface area contributed by atoms with Gasteiger partial charge in [-0.25, -0.2) is 13.2 Å². The quantitative estimate of drug-likeness (QED) is 0.521. The van der Waals surface area contributed by atoms with Crippen LogP contribution in [-0.2, 0) is 27.5 Å². The maximum absolute atomic E-state index is 13.0. The van der Waals surface area contributed by atoms with Crippen molar-refractivity contribution in [3.8, 4) is 5.75 Å². The normalized spacial score (nSPS) is 21.2. The second-order valence-electron chi connectivity index (χ2n) is 7.95. The average molecular weight is 467 g/mol. The van der Waals surface area contributed by atoms with Crippen LogP contribution in [0.1, 0.15) is 24.0 Å². The maximum Gasteiger partial charge on any atom is 0.341 e. The minimum absolute atomic E-state index is 0.0135. The monoisotopic (exact) mass is 466 g/mol. The Balaban J connectivity index is 1.70. The fourth-order valence-electron chi connectivity index (χ4n) is 4.14. The average Bonchev–Trinajstić information content (AvgIpc) is 3.06. The van der Waals surface area contributed by atoms with E-state index in [4.69, 9.17) is 26.6 Å². The lowest BCUT2D eigenvalue weighted by Crippen LogP contribution is -2.26. The van der Waals surface area contributed by atoms with Crippen molar-refractivity contribution in [1.29, 1.82) is 0 Å².